The largest absolute Gasteiger partial charge is 0.348 e. The molecule has 0 amide bonds. The van der Waals surface area contributed by atoms with Gasteiger partial charge < -0.3 is 9.47 Å². The second-order valence-corrected chi connectivity index (χ2v) is 18.3. The predicted molar refractivity (Wildman–Crippen MR) is 202 cm³/mol. The third-order valence-corrected chi connectivity index (χ3v) is 13.1. The van der Waals surface area contributed by atoms with Gasteiger partial charge in [0, 0.05) is 12.8 Å². The summed E-state index contributed by atoms with van der Waals surface area (Å²) in [5, 5.41) is 1.62. The molecule has 3 heteroatoms. The van der Waals surface area contributed by atoms with E-state index in [0.29, 0.717) is 35.5 Å². The van der Waals surface area contributed by atoms with Crippen molar-refractivity contribution in [3.63, 3.8) is 0 Å². The van der Waals surface area contributed by atoms with Crippen LogP contribution in [-0.2, 0) is 9.47 Å². The van der Waals surface area contributed by atoms with Crippen LogP contribution in [0.15, 0.2) is 42.5 Å². The Kier molecular flexibility index (Phi) is 10.9. The number of ether oxygens (including phenoxy) is 2. The van der Waals surface area contributed by atoms with Crippen LogP contribution >= 0.6 is 7.92 Å². The summed E-state index contributed by atoms with van der Waals surface area (Å²) in [5.74, 6) is 2.40. The standard InChI is InChI=1S/C43H61O2P/c1-26(2)32-22-36(28(5)6)40(37(23-32)29(7)8)34-14-13-15-35(42(34)46-20-16-43(17-21-46)44-18-19-45-43)41-38(30(9)10)24-33(27(3)4)25-39(41)31(11)12/h13-15,22-31H,16-21H2,1-12H3. The summed E-state index contributed by atoms with van der Waals surface area (Å²) in [7, 11) is -0.425. The van der Waals surface area contributed by atoms with Gasteiger partial charge in [0.2, 0.25) is 0 Å². The van der Waals surface area contributed by atoms with E-state index in [0.717, 1.165) is 38.4 Å². The lowest BCUT2D eigenvalue weighted by atomic mass is 9.79. The van der Waals surface area contributed by atoms with Crippen LogP contribution in [0.25, 0.3) is 22.3 Å². The molecule has 0 aromatic heterocycles. The zero-order valence-electron chi connectivity index (χ0n) is 31.0. The van der Waals surface area contributed by atoms with E-state index in [2.05, 4.69) is 126 Å². The molecule has 46 heavy (non-hydrogen) atoms. The average molecular weight is 641 g/mol. The molecule has 250 valence electrons. The Balaban J connectivity index is 1.86. The molecule has 3 aromatic rings. The lowest BCUT2D eigenvalue weighted by Crippen LogP contribution is -2.37. The summed E-state index contributed by atoms with van der Waals surface area (Å²) in [6, 6.07) is 17.5. The van der Waals surface area contributed by atoms with E-state index in [1.807, 2.05) is 0 Å². The van der Waals surface area contributed by atoms with Crippen LogP contribution in [-0.4, -0.2) is 31.3 Å². The molecule has 2 fully saturated rings. The van der Waals surface area contributed by atoms with Gasteiger partial charge in [0.05, 0.1) is 13.2 Å². The van der Waals surface area contributed by atoms with Gasteiger partial charge in [0.1, 0.15) is 0 Å². The number of rotatable bonds is 9. The van der Waals surface area contributed by atoms with Gasteiger partial charge >= 0.3 is 0 Å². The molecule has 0 saturated carbocycles. The van der Waals surface area contributed by atoms with Crippen LogP contribution in [0.4, 0.5) is 0 Å². The number of hydrogen-bond donors (Lipinski definition) is 0. The van der Waals surface area contributed by atoms with E-state index >= 15 is 0 Å². The third kappa shape index (κ3) is 6.92. The van der Waals surface area contributed by atoms with Crippen LogP contribution in [0.3, 0.4) is 0 Å². The van der Waals surface area contributed by atoms with Gasteiger partial charge in [-0.05, 0) is 109 Å². The molecule has 2 saturated heterocycles. The van der Waals surface area contributed by atoms with Crippen LogP contribution in [0.5, 0.6) is 0 Å². The quantitative estimate of drug-likeness (QED) is 0.217. The molecular weight excluding hydrogens is 579 g/mol. The van der Waals surface area contributed by atoms with Crippen molar-refractivity contribution in [1.82, 2.24) is 0 Å². The summed E-state index contributed by atoms with van der Waals surface area (Å²) in [6.45, 7) is 29.9. The monoisotopic (exact) mass is 640 g/mol. The van der Waals surface area contributed by atoms with Crippen molar-refractivity contribution in [2.45, 2.75) is 137 Å². The van der Waals surface area contributed by atoms with E-state index in [9.17, 15) is 0 Å². The smallest absolute Gasteiger partial charge is 0.169 e. The normalized spacial score (nSPS) is 17.3. The van der Waals surface area contributed by atoms with Crippen molar-refractivity contribution in [3.8, 4) is 22.3 Å². The number of hydrogen-bond acceptors (Lipinski definition) is 2. The molecule has 5 rings (SSSR count). The molecule has 1 spiro atoms. The first kappa shape index (κ1) is 35.3. The van der Waals surface area contributed by atoms with Crippen molar-refractivity contribution >= 4 is 13.2 Å². The summed E-state index contributed by atoms with van der Waals surface area (Å²) in [4.78, 5) is 0. The second-order valence-electron chi connectivity index (χ2n) is 15.9. The Morgan fingerprint density at radius 1 is 0.522 bits per heavy atom. The Bertz CT molecular complexity index is 1360. The highest BCUT2D eigenvalue weighted by atomic mass is 31.1. The molecule has 2 aliphatic heterocycles. The van der Waals surface area contributed by atoms with Crippen molar-refractivity contribution < 1.29 is 9.47 Å². The van der Waals surface area contributed by atoms with E-state index < -0.39 is 7.92 Å². The molecule has 0 bridgehead atoms. The van der Waals surface area contributed by atoms with Crippen molar-refractivity contribution in [3.05, 3.63) is 75.8 Å². The van der Waals surface area contributed by atoms with E-state index in [4.69, 9.17) is 9.47 Å². The molecule has 0 unspecified atom stereocenters. The summed E-state index contributed by atoms with van der Waals surface area (Å²) in [5.41, 5.74) is 14.9. The Hall–Kier alpha value is -1.99. The second kappa shape index (κ2) is 14.2. The topological polar surface area (TPSA) is 18.5 Å². The lowest BCUT2D eigenvalue weighted by Gasteiger charge is -2.38. The molecule has 2 heterocycles. The molecule has 0 atom stereocenters. The zero-order valence-corrected chi connectivity index (χ0v) is 31.9. The van der Waals surface area contributed by atoms with Crippen LogP contribution in [0.1, 0.15) is 165 Å². The molecule has 2 aliphatic rings. The average Bonchev–Trinajstić information content (AvgIpc) is 3.47. The first-order chi connectivity index (χ1) is 21.7. The van der Waals surface area contributed by atoms with Crippen molar-refractivity contribution in [2.24, 2.45) is 0 Å². The highest BCUT2D eigenvalue weighted by Gasteiger charge is 2.42. The van der Waals surface area contributed by atoms with Crippen LogP contribution in [0, 0.1) is 0 Å². The summed E-state index contributed by atoms with van der Waals surface area (Å²) >= 11 is 0. The van der Waals surface area contributed by atoms with E-state index in [-0.39, 0.29) is 5.79 Å². The van der Waals surface area contributed by atoms with Gasteiger partial charge in [-0.25, -0.2) is 0 Å². The molecule has 0 N–H and O–H groups in total. The van der Waals surface area contributed by atoms with Crippen LogP contribution in [0.2, 0.25) is 0 Å². The van der Waals surface area contributed by atoms with Gasteiger partial charge in [0.25, 0.3) is 0 Å². The highest BCUT2D eigenvalue weighted by Crippen LogP contribution is 2.53. The van der Waals surface area contributed by atoms with Crippen LogP contribution < -0.4 is 5.30 Å². The minimum atomic E-state index is -0.425. The summed E-state index contributed by atoms with van der Waals surface area (Å²) < 4.78 is 12.5. The Morgan fingerprint density at radius 2 is 0.870 bits per heavy atom. The SMILES string of the molecule is CC(C)c1cc(C(C)C)c(-c2cccc(-c3c(C(C)C)cc(C(C)C)cc3C(C)C)c2P2CCC3(CC2)OCCO3)c(C(C)C)c1. The predicted octanol–water partition coefficient (Wildman–Crippen LogP) is 12.4. The molecule has 0 radical (unpaired) electrons. The maximum atomic E-state index is 6.26. The van der Waals surface area contributed by atoms with Gasteiger partial charge in [-0.15, -0.1) is 0 Å². The molecule has 0 aliphatic carbocycles. The summed E-state index contributed by atoms with van der Waals surface area (Å²) in [6.07, 6.45) is 4.28. The number of benzene rings is 3. The lowest BCUT2D eigenvalue weighted by molar-refractivity contribution is -0.161. The zero-order chi connectivity index (χ0) is 33.5. The maximum Gasteiger partial charge on any atom is 0.169 e. The van der Waals surface area contributed by atoms with Gasteiger partial charge in [-0.3, -0.25) is 0 Å². The fourth-order valence-electron chi connectivity index (χ4n) is 7.68. The fourth-order valence-corrected chi connectivity index (χ4v) is 10.6. The van der Waals surface area contributed by atoms with E-state index in [1.54, 1.807) is 5.30 Å². The van der Waals surface area contributed by atoms with Crippen molar-refractivity contribution in [2.75, 3.05) is 25.5 Å². The fraction of sp³-hybridized carbons (Fsp3) is 0.581. The first-order valence-electron chi connectivity index (χ1n) is 18.3. The molecule has 3 aromatic carbocycles. The van der Waals surface area contributed by atoms with Gasteiger partial charge in [-0.2, -0.15) is 0 Å². The third-order valence-electron chi connectivity index (χ3n) is 10.5. The van der Waals surface area contributed by atoms with E-state index in [1.165, 1.54) is 55.6 Å². The maximum absolute atomic E-state index is 6.26. The minimum absolute atomic E-state index is 0.357. The van der Waals surface area contributed by atoms with Gasteiger partial charge in [-0.1, -0.05) is 133 Å². The first-order valence-corrected chi connectivity index (χ1v) is 20.0. The molecular formula is C43H61O2P. The molecule has 2 nitrogen and oxygen atoms in total. The Morgan fingerprint density at radius 3 is 1.17 bits per heavy atom. The van der Waals surface area contributed by atoms with Gasteiger partial charge in [0.15, 0.2) is 5.79 Å². The Labute approximate surface area is 282 Å². The van der Waals surface area contributed by atoms with Crippen molar-refractivity contribution in [1.29, 1.82) is 0 Å². The highest BCUT2D eigenvalue weighted by molar-refractivity contribution is 7.66. The minimum Gasteiger partial charge on any atom is -0.348 e.